The normalized spacial score (nSPS) is 29.3. The van der Waals surface area contributed by atoms with Gasteiger partial charge in [0.1, 0.15) is 10.8 Å². The van der Waals surface area contributed by atoms with Gasteiger partial charge in [0.2, 0.25) is 0 Å². The Hall–Kier alpha value is 0.220. The molecule has 114 valence electrons. The standard InChI is InChI=1S/C12H18Cl2N2O2S2/c13-9-5-1-3-7-15(11(9)17)19-20-16-8-4-2-6-10(14)12(16)18/h9-10H,1-8H2. The summed E-state index contributed by atoms with van der Waals surface area (Å²) in [6, 6.07) is 0. The zero-order valence-corrected chi connectivity index (χ0v) is 14.2. The van der Waals surface area contributed by atoms with Gasteiger partial charge in [0, 0.05) is 35.0 Å². The summed E-state index contributed by atoms with van der Waals surface area (Å²) in [5, 5.41) is -0.877. The van der Waals surface area contributed by atoms with E-state index in [0.29, 0.717) is 13.1 Å². The van der Waals surface area contributed by atoms with Gasteiger partial charge in [0.05, 0.1) is 0 Å². The van der Waals surface area contributed by atoms with Crippen LogP contribution >= 0.6 is 45.2 Å². The van der Waals surface area contributed by atoms with Gasteiger partial charge in [-0.3, -0.25) is 18.2 Å². The molecule has 2 amide bonds. The lowest BCUT2D eigenvalue weighted by molar-refractivity contribution is -0.126. The second-order valence-corrected chi connectivity index (χ2v) is 8.08. The average Bonchev–Trinajstić information content (AvgIpc) is 2.69. The van der Waals surface area contributed by atoms with Gasteiger partial charge in [-0.2, -0.15) is 0 Å². The maximum absolute atomic E-state index is 12.1. The Bertz CT molecular complexity index is 339. The number of alkyl halides is 2. The number of amides is 2. The molecule has 2 unspecified atom stereocenters. The van der Waals surface area contributed by atoms with Gasteiger partial charge in [0.25, 0.3) is 11.8 Å². The van der Waals surface area contributed by atoms with Crippen LogP contribution in [0.1, 0.15) is 38.5 Å². The molecule has 2 saturated heterocycles. The third kappa shape index (κ3) is 4.36. The molecule has 0 radical (unpaired) electrons. The van der Waals surface area contributed by atoms with Crippen LogP contribution in [0.2, 0.25) is 0 Å². The SMILES string of the molecule is O=C1C(Cl)CCCCN1SSN1CCCCC(Cl)C1=O. The minimum atomic E-state index is -0.439. The monoisotopic (exact) mass is 356 g/mol. The molecule has 0 spiro atoms. The Morgan fingerprint density at radius 1 is 0.800 bits per heavy atom. The molecular weight excluding hydrogens is 339 g/mol. The summed E-state index contributed by atoms with van der Waals surface area (Å²) in [5.74, 6) is -0.0993. The third-order valence-electron chi connectivity index (χ3n) is 3.38. The lowest BCUT2D eigenvalue weighted by Crippen LogP contribution is -2.32. The van der Waals surface area contributed by atoms with Gasteiger partial charge >= 0.3 is 0 Å². The number of rotatable bonds is 3. The molecule has 0 aromatic heterocycles. The number of carbonyl (C=O) groups excluding carboxylic acids is 2. The van der Waals surface area contributed by atoms with Crippen molar-refractivity contribution in [1.29, 1.82) is 0 Å². The molecule has 20 heavy (non-hydrogen) atoms. The Kier molecular flexibility index (Phi) is 6.65. The molecule has 2 atom stereocenters. The van der Waals surface area contributed by atoms with Crippen molar-refractivity contribution in [1.82, 2.24) is 8.61 Å². The van der Waals surface area contributed by atoms with E-state index in [1.165, 1.54) is 22.0 Å². The fourth-order valence-electron chi connectivity index (χ4n) is 2.17. The maximum atomic E-state index is 12.1. The predicted octanol–water partition coefficient (Wildman–Crippen LogP) is 3.44. The van der Waals surface area contributed by atoms with Crippen LogP contribution < -0.4 is 0 Å². The van der Waals surface area contributed by atoms with E-state index >= 15 is 0 Å². The van der Waals surface area contributed by atoms with E-state index in [4.69, 9.17) is 23.2 Å². The Balaban J connectivity index is 1.89. The smallest absolute Gasteiger partial charge is 0.251 e. The molecule has 2 aliphatic rings. The number of carbonyl (C=O) groups is 2. The van der Waals surface area contributed by atoms with Crippen molar-refractivity contribution in [2.45, 2.75) is 49.3 Å². The first-order chi connectivity index (χ1) is 9.59. The van der Waals surface area contributed by atoms with Crippen LogP contribution in [0, 0.1) is 0 Å². The van der Waals surface area contributed by atoms with Crippen molar-refractivity contribution in [2.24, 2.45) is 0 Å². The summed E-state index contributed by atoms with van der Waals surface area (Å²) in [7, 11) is 2.61. The maximum Gasteiger partial charge on any atom is 0.251 e. The number of halogens is 2. The second kappa shape index (κ2) is 8.01. The quantitative estimate of drug-likeness (QED) is 0.441. The van der Waals surface area contributed by atoms with Crippen LogP contribution in [0.5, 0.6) is 0 Å². The minimum Gasteiger partial charge on any atom is -0.275 e. The van der Waals surface area contributed by atoms with Crippen LogP contribution in [0.4, 0.5) is 0 Å². The molecular formula is C12H18Cl2N2O2S2. The fourth-order valence-corrected chi connectivity index (χ4v) is 5.17. The van der Waals surface area contributed by atoms with E-state index in [1.807, 2.05) is 0 Å². The molecule has 4 nitrogen and oxygen atoms in total. The van der Waals surface area contributed by atoms with Crippen molar-refractivity contribution in [3.63, 3.8) is 0 Å². The van der Waals surface area contributed by atoms with E-state index < -0.39 is 10.8 Å². The van der Waals surface area contributed by atoms with E-state index in [9.17, 15) is 9.59 Å². The Labute approximate surface area is 137 Å². The van der Waals surface area contributed by atoms with Crippen LogP contribution in [0.25, 0.3) is 0 Å². The number of hydrogen-bond acceptors (Lipinski definition) is 4. The van der Waals surface area contributed by atoms with Gasteiger partial charge in [-0.15, -0.1) is 23.2 Å². The summed E-state index contributed by atoms with van der Waals surface area (Å²) >= 11 is 12.1. The topological polar surface area (TPSA) is 40.6 Å². The summed E-state index contributed by atoms with van der Waals surface area (Å²) in [6.07, 6.45) is 5.30. The molecule has 0 N–H and O–H groups in total. The third-order valence-corrected chi connectivity index (χ3v) is 6.62. The zero-order valence-electron chi connectivity index (χ0n) is 11.1. The highest BCUT2D eigenvalue weighted by Gasteiger charge is 2.30. The van der Waals surface area contributed by atoms with Crippen molar-refractivity contribution in [3.05, 3.63) is 0 Å². The largest absolute Gasteiger partial charge is 0.275 e. The fraction of sp³-hybridized carbons (Fsp3) is 0.833. The molecule has 0 aliphatic carbocycles. The summed E-state index contributed by atoms with van der Waals surface area (Å²) in [4.78, 5) is 24.1. The van der Waals surface area contributed by atoms with Crippen LogP contribution in [0.15, 0.2) is 0 Å². The van der Waals surface area contributed by atoms with Gasteiger partial charge in [0.15, 0.2) is 0 Å². The molecule has 0 aromatic carbocycles. The van der Waals surface area contributed by atoms with E-state index in [1.54, 1.807) is 8.61 Å². The van der Waals surface area contributed by atoms with Crippen molar-refractivity contribution < 1.29 is 9.59 Å². The molecule has 0 aromatic rings. The first-order valence-corrected chi connectivity index (χ1v) is 9.79. The van der Waals surface area contributed by atoms with Gasteiger partial charge in [-0.05, 0) is 38.5 Å². The average molecular weight is 357 g/mol. The Morgan fingerprint density at radius 2 is 1.20 bits per heavy atom. The summed E-state index contributed by atoms with van der Waals surface area (Å²) < 4.78 is 3.35. The highest BCUT2D eigenvalue weighted by Crippen LogP contribution is 2.35. The van der Waals surface area contributed by atoms with Crippen molar-refractivity contribution in [2.75, 3.05) is 13.1 Å². The van der Waals surface area contributed by atoms with Gasteiger partial charge in [-0.25, -0.2) is 0 Å². The van der Waals surface area contributed by atoms with Crippen molar-refractivity contribution >= 4 is 57.0 Å². The highest BCUT2D eigenvalue weighted by atomic mass is 35.5. The molecule has 2 fully saturated rings. The molecule has 0 saturated carbocycles. The van der Waals surface area contributed by atoms with E-state index in [-0.39, 0.29) is 11.8 Å². The van der Waals surface area contributed by atoms with Crippen molar-refractivity contribution in [3.8, 4) is 0 Å². The predicted molar refractivity (Wildman–Crippen MR) is 85.6 cm³/mol. The second-order valence-electron chi connectivity index (χ2n) is 4.96. The first kappa shape index (κ1) is 16.6. The molecule has 8 heteroatoms. The molecule has 2 aliphatic heterocycles. The van der Waals surface area contributed by atoms with Crippen LogP contribution in [-0.4, -0.2) is 44.3 Å². The lowest BCUT2D eigenvalue weighted by atomic mass is 10.2. The lowest BCUT2D eigenvalue weighted by Gasteiger charge is -2.24. The zero-order chi connectivity index (χ0) is 14.5. The van der Waals surface area contributed by atoms with Crippen LogP contribution in [-0.2, 0) is 9.59 Å². The van der Waals surface area contributed by atoms with Gasteiger partial charge in [-0.1, -0.05) is 0 Å². The molecule has 2 rings (SSSR count). The number of hydrogen-bond donors (Lipinski definition) is 0. The summed E-state index contributed by atoms with van der Waals surface area (Å²) in [6.45, 7) is 1.37. The molecule has 0 bridgehead atoms. The number of nitrogens with zero attached hydrogens (tertiary/aromatic N) is 2. The van der Waals surface area contributed by atoms with E-state index in [2.05, 4.69) is 0 Å². The van der Waals surface area contributed by atoms with Crippen LogP contribution in [0.3, 0.4) is 0 Å². The highest BCUT2D eigenvalue weighted by molar-refractivity contribution is 8.75. The molecule has 2 heterocycles. The first-order valence-electron chi connectivity index (χ1n) is 6.85. The Morgan fingerprint density at radius 3 is 1.60 bits per heavy atom. The van der Waals surface area contributed by atoms with Gasteiger partial charge < -0.3 is 0 Å². The van der Waals surface area contributed by atoms with E-state index in [0.717, 1.165) is 38.5 Å². The summed E-state index contributed by atoms with van der Waals surface area (Å²) in [5.41, 5.74) is 0. The minimum absolute atomic E-state index is 0.0497.